The van der Waals surface area contributed by atoms with E-state index in [1.165, 1.54) is 42.4 Å². The number of nitrogens with zero attached hydrogens (tertiary/aromatic N) is 2. The van der Waals surface area contributed by atoms with Crippen LogP contribution in [0.2, 0.25) is 0 Å². The molecule has 0 radical (unpaired) electrons. The van der Waals surface area contributed by atoms with Crippen molar-refractivity contribution >= 4 is 5.82 Å². The maximum atomic E-state index is 5.10. The molecule has 162 valence electrons. The van der Waals surface area contributed by atoms with Crippen LogP contribution in [0.4, 0.5) is 5.82 Å². The zero-order valence-corrected chi connectivity index (χ0v) is 19.6. The van der Waals surface area contributed by atoms with Crippen LogP contribution in [0.1, 0.15) is 71.4 Å². The normalized spacial score (nSPS) is 20.8. The molecule has 2 aromatic rings. The molecule has 0 saturated carbocycles. The van der Waals surface area contributed by atoms with E-state index in [1.807, 2.05) is 0 Å². The smallest absolute Gasteiger partial charge is 0.129 e. The van der Waals surface area contributed by atoms with Crippen molar-refractivity contribution < 1.29 is 0 Å². The lowest BCUT2D eigenvalue weighted by atomic mass is 9.63. The summed E-state index contributed by atoms with van der Waals surface area (Å²) in [6.45, 7) is 16.2. The second kappa shape index (κ2) is 8.34. The average molecular weight is 406 g/mol. The number of fused-ring (bicyclic) bond motifs is 1. The molecule has 1 aromatic heterocycles. The molecule has 4 rings (SSSR count). The fraction of sp³-hybridized carbons (Fsp3) is 0.593. The van der Waals surface area contributed by atoms with Crippen LogP contribution in [0, 0.1) is 5.92 Å². The van der Waals surface area contributed by atoms with Crippen LogP contribution < -0.4 is 10.2 Å². The second-order valence-electron chi connectivity index (χ2n) is 10.6. The standard InChI is InChI=1S/C27H39N3/c1-6-28-19-20-12-16-30(17-13-20)25-9-7-8-24(29-25)21-10-11-22-23(18-21)27(4,5)15-14-26(22,2)3/h7-11,18,20,28H,6,12-17,19H2,1-5H3. The summed E-state index contributed by atoms with van der Waals surface area (Å²) in [7, 11) is 0. The lowest BCUT2D eigenvalue weighted by Gasteiger charge is -2.42. The van der Waals surface area contributed by atoms with Gasteiger partial charge in [-0.25, -0.2) is 4.98 Å². The number of nitrogens with one attached hydrogen (secondary N) is 1. The van der Waals surface area contributed by atoms with E-state index in [0.29, 0.717) is 0 Å². The first-order valence-corrected chi connectivity index (χ1v) is 11.9. The molecule has 1 N–H and O–H groups in total. The predicted molar refractivity (Wildman–Crippen MR) is 128 cm³/mol. The van der Waals surface area contributed by atoms with Crippen molar-refractivity contribution in [2.24, 2.45) is 5.92 Å². The first kappa shape index (κ1) is 21.4. The van der Waals surface area contributed by atoms with Crippen LogP contribution in [-0.4, -0.2) is 31.2 Å². The summed E-state index contributed by atoms with van der Waals surface area (Å²) in [5, 5.41) is 3.51. The van der Waals surface area contributed by atoms with E-state index in [9.17, 15) is 0 Å². The largest absolute Gasteiger partial charge is 0.357 e. The molecule has 2 heterocycles. The van der Waals surface area contributed by atoms with Gasteiger partial charge in [0.05, 0.1) is 5.69 Å². The second-order valence-corrected chi connectivity index (χ2v) is 10.6. The number of rotatable bonds is 5. The van der Waals surface area contributed by atoms with Gasteiger partial charge in [0.2, 0.25) is 0 Å². The third kappa shape index (κ3) is 4.27. The highest BCUT2D eigenvalue weighted by Crippen LogP contribution is 2.46. The lowest BCUT2D eigenvalue weighted by molar-refractivity contribution is 0.332. The van der Waals surface area contributed by atoms with E-state index >= 15 is 0 Å². The predicted octanol–water partition coefficient (Wildman–Crippen LogP) is 5.92. The van der Waals surface area contributed by atoms with Gasteiger partial charge in [0.25, 0.3) is 0 Å². The van der Waals surface area contributed by atoms with Crippen LogP contribution in [0.3, 0.4) is 0 Å². The Morgan fingerprint density at radius 2 is 1.67 bits per heavy atom. The summed E-state index contributed by atoms with van der Waals surface area (Å²) in [6, 6.07) is 13.6. The van der Waals surface area contributed by atoms with Gasteiger partial charge in [0, 0.05) is 18.7 Å². The van der Waals surface area contributed by atoms with E-state index in [0.717, 1.165) is 43.6 Å². The Morgan fingerprint density at radius 3 is 2.37 bits per heavy atom. The molecule has 2 aliphatic rings. The molecule has 1 aliphatic heterocycles. The Kier molecular flexibility index (Phi) is 5.94. The Balaban J connectivity index is 1.57. The van der Waals surface area contributed by atoms with Gasteiger partial charge in [-0.1, -0.05) is 52.8 Å². The SMILES string of the molecule is CCNCC1CCN(c2cccc(-c3ccc4c(c3)C(C)(C)CCC4(C)C)n2)CC1. The first-order valence-electron chi connectivity index (χ1n) is 11.9. The number of pyridine rings is 1. The van der Waals surface area contributed by atoms with E-state index in [1.54, 1.807) is 0 Å². The van der Waals surface area contributed by atoms with Gasteiger partial charge in [-0.2, -0.15) is 0 Å². The number of hydrogen-bond donors (Lipinski definition) is 1. The molecule has 0 atom stereocenters. The molecule has 0 amide bonds. The van der Waals surface area contributed by atoms with Crippen molar-refractivity contribution in [3.05, 3.63) is 47.5 Å². The van der Waals surface area contributed by atoms with Gasteiger partial charge in [0.1, 0.15) is 5.82 Å². The van der Waals surface area contributed by atoms with Crippen LogP contribution in [0.5, 0.6) is 0 Å². The summed E-state index contributed by atoms with van der Waals surface area (Å²) in [5.74, 6) is 1.93. The molecule has 0 unspecified atom stereocenters. The number of aromatic nitrogens is 1. The molecule has 1 aromatic carbocycles. The maximum absolute atomic E-state index is 5.10. The fourth-order valence-corrected chi connectivity index (χ4v) is 5.22. The third-order valence-corrected chi connectivity index (χ3v) is 7.50. The van der Waals surface area contributed by atoms with Crippen molar-refractivity contribution in [2.45, 2.75) is 71.1 Å². The zero-order chi connectivity index (χ0) is 21.4. The van der Waals surface area contributed by atoms with E-state index in [2.05, 4.69) is 81.2 Å². The molecular formula is C27H39N3. The summed E-state index contributed by atoms with van der Waals surface area (Å²) >= 11 is 0. The van der Waals surface area contributed by atoms with Crippen molar-refractivity contribution in [1.82, 2.24) is 10.3 Å². The number of piperidine rings is 1. The third-order valence-electron chi connectivity index (χ3n) is 7.50. The van der Waals surface area contributed by atoms with Gasteiger partial charge < -0.3 is 10.2 Å². The monoisotopic (exact) mass is 405 g/mol. The molecular weight excluding hydrogens is 366 g/mol. The Morgan fingerprint density at radius 1 is 0.967 bits per heavy atom. The van der Waals surface area contributed by atoms with Gasteiger partial charge in [-0.05, 0) is 84.8 Å². The molecule has 0 bridgehead atoms. The van der Waals surface area contributed by atoms with Crippen molar-refractivity contribution in [1.29, 1.82) is 0 Å². The van der Waals surface area contributed by atoms with Crippen LogP contribution >= 0.6 is 0 Å². The molecule has 3 heteroatoms. The van der Waals surface area contributed by atoms with Crippen molar-refractivity contribution in [3.63, 3.8) is 0 Å². The van der Waals surface area contributed by atoms with Gasteiger partial charge >= 0.3 is 0 Å². The molecule has 1 saturated heterocycles. The van der Waals surface area contributed by atoms with Crippen molar-refractivity contribution in [3.8, 4) is 11.3 Å². The van der Waals surface area contributed by atoms with Crippen molar-refractivity contribution in [2.75, 3.05) is 31.1 Å². The Labute approximate surface area is 183 Å². The highest BCUT2D eigenvalue weighted by Gasteiger charge is 2.37. The number of hydrogen-bond acceptors (Lipinski definition) is 3. The fourth-order valence-electron chi connectivity index (χ4n) is 5.22. The molecule has 0 spiro atoms. The molecule has 1 aliphatic carbocycles. The average Bonchev–Trinajstić information content (AvgIpc) is 2.76. The van der Waals surface area contributed by atoms with Crippen LogP contribution in [0.15, 0.2) is 36.4 Å². The Bertz CT molecular complexity index is 875. The van der Waals surface area contributed by atoms with Crippen LogP contribution in [0.25, 0.3) is 11.3 Å². The summed E-state index contributed by atoms with van der Waals surface area (Å²) in [5.41, 5.74) is 5.87. The topological polar surface area (TPSA) is 28.2 Å². The first-order chi connectivity index (χ1) is 14.3. The summed E-state index contributed by atoms with van der Waals surface area (Å²) < 4.78 is 0. The number of benzene rings is 1. The van der Waals surface area contributed by atoms with Gasteiger partial charge in [-0.15, -0.1) is 0 Å². The van der Waals surface area contributed by atoms with Gasteiger partial charge in [-0.3, -0.25) is 0 Å². The highest BCUT2D eigenvalue weighted by atomic mass is 15.2. The highest BCUT2D eigenvalue weighted by molar-refractivity contribution is 5.65. The van der Waals surface area contributed by atoms with E-state index in [-0.39, 0.29) is 10.8 Å². The minimum atomic E-state index is 0.229. The minimum absolute atomic E-state index is 0.229. The molecule has 1 fully saturated rings. The summed E-state index contributed by atoms with van der Waals surface area (Å²) in [6.07, 6.45) is 5.00. The summed E-state index contributed by atoms with van der Waals surface area (Å²) in [4.78, 5) is 7.57. The quantitative estimate of drug-likeness (QED) is 0.669. The van der Waals surface area contributed by atoms with Crippen LogP contribution in [-0.2, 0) is 10.8 Å². The maximum Gasteiger partial charge on any atom is 0.129 e. The number of anilines is 1. The van der Waals surface area contributed by atoms with E-state index < -0.39 is 0 Å². The van der Waals surface area contributed by atoms with Gasteiger partial charge in [0.15, 0.2) is 0 Å². The van der Waals surface area contributed by atoms with E-state index in [4.69, 9.17) is 4.98 Å². The Hall–Kier alpha value is -1.87. The molecule has 30 heavy (non-hydrogen) atoms. The zero-order valence-electron chi connectivity index (χ0n) is 19.6. The molecule has 3 nitrogen and oxygen atoms in total. The lowest BCUT2D eigenvalue weighted by Crippen LogP contribution is -2.37. The minimum Gasteiger partial charge on any atom is -0.357 e.